The molecule has 4 rings (SSSR count). The standard InChI is InChI=1S/C25H29FN4O3/c1-3-33-25(32)29-14-12-28(13-15-29)17-24(31)30-23(21-7-5-4-6-18(21)2)16-22(27-30)19-8-10-20(26)11-9-19/h4-11,23H,3,12-17H2,1-2H3. The van der Waals surface area contributed by atoms with Crippen molar-refractivity contribution in [2.45, 2.75) is 26.3 Å². The number of carbonyl (C=O) groups is 2. The Bertz CT molecular complexity index is 1030. The van der Waals surface area contributed by atoms with Gasteiger partial charge in [-0.3, -0.25) is 9.69 Å². The van der Waals surface area contributed by atoms with Gasteiger partial charge < -0.3 is 9.64 Å². The Morgan fingerprint density at radius 3 is 2.42 bits per heavy atom. The lowest BCUT2D eigenvalue weighted by Crippen LogP contribution is -2.51. The monoisotopic (exact) mass is 452 g/mol. The maximum Gasteiger partial charge on any atom is 0.409 e. The van der Waals surface area contributed by atoms with E-state index in [1.54, 1.807) is 29.0 Å². The second kappa shape index (κ2) is 10.1. The van der Waals surface area contributed by atoms with Crippen LogP contribution in [-0.2, 0) is 9.53 Å². The summed E-state index contributed by atoms with van der Waals surface area (Å²) in [6.07, 6.45) is 0.259. The molecule has 2 amide bonds. The molecule has 1 fully saturated rings. The van der Waals surface area contributed by atoms with Gasteiger partial charge in [0.1, 0.15) is 5.82 Å². The highest BCUT2D eigenvalue weighted by Gasteiger charge is 2.35. The third-order valence-corrected chi connectivity index (χ3v) is 6.15. The molecule has 0 saturated carbocycles. The largest absolute Gasteiger partial charge is 0.450 e. The van der Waals surface area contributed by atoms with Gasteiger partial charge in [0.2, 0.25) is 0 Å². The van der Waals surface area contributed by atoms with Crippen molar-refractivity contribution >= 4 is 17.7 Å². The number of ether oxygens (including phenoxy) is 1. The average Bonchev–Trinajstić information content (AvgIpc) is 3.26. The quantitative estimate of drug-likeness (QED) is 0.696. The summed E-state index contributed by atoms with van der Waals surface area (Å²) in [5.74, 6) is -0.396. The molecule has 0 N–H and O–H groups in total. The van der Waals surface area contributed by atoms with E-state index in [4.69, 9.17) is 4.74 Å². The topological polar surface area (TPSA) is 65.5 Å². The number of hydrazone groups is 1. The van der Waals surface area contributed by atoms with Crippen LogP contribution >= 0.6 is 0 Å². The number of piperazine rings is 1. The van der Waals surface area contributed by atoms with Gasteiger partial charge in [0, 0.05) is 32.6 Å². The van der Waals surface area contributed by atoms with Gasteiger partial charge in [-0.25, -0.2) is 14.2 Å². The molecule has 2 aromatic carbocycles. The van der Waals surface area contributed by atoms with E-state index >= 15 is 0 Å². The Kier molecular flexibility index (Phi) is 7.03. The molecular weight excluding hydrogens is 423 g/mol. The number of benzene rings is 2. The Balaban J connectivity index is 1.49. The Morgan fingerprint density at radius 1 is 1.06 bits per heavy atom. The molecule has 174 valence electrons. The van der Waals surface area contributed by atoms with Gasteiger partial charge in [0.15, 0.2) is 0 Å². The SMILES string of the molecule is CCOC(=O)N1CCN(CC(=O)N2N=C(c3ccc(F)cc3)CC2c2ccccc2C)CC1. The first kappa shape index (κ1) is 22.9. The van der Waals surface area contributed by atoms with Crippen LogP contribution in [0.1, 0.15) is 36.1 Å². The van der Waals surface area contributed by atoms with Crippen molar-refractivity contribution in [1.29, 1.82) is 0 Å². The maximum absolute atomic E-state index is 13.4. The van der Waals surface area contributed by atoms with Gasteiger partial charge in [-0.05, 0) is 42.7 Å². The van der Waals surface area contributed by atoms with Crippen molar-refractivity contribution in [3.05, 3.63) is 71.0 Å². The molecule has 1 unspecified atom stereocenters. The van der Waals surface area contributed by atoms with Gasteiger partial charge in [-0.2, -0.15) is 5.10 Å². The predicted octanol–water partition coefficient (Wildman–Crippen LogP) is 3.59. The van der Waals surface area contributed by atoms with Crippen molar-refractivity contribution in [2.24, 2.45) is 5.10 Å². The van der Waals surface area contributed by atoms with Gasteiger partial charge in [0.05, 0.1) is 24.9 Å². The summed E-state index contributed by atoms with van der Waals surface area (Å²) in [5.41, 5.74) is 3.73. The van der Waals surface area contributed by atoms with Crippen molar-refractivity contribution < 1.29 is 18.7 Å². The van der Waals surface area contributed by atoms with Crippen LogP contribution in [-0.4, -0.2) is 71.9 Å². The number of halogens is 1. The van der Waals surface area contributed by atoms with E-state index in [1.807, 2.05) is 36.1 Å². The van der Waals surface area contributed by atoms with E-state index in [9.17, 15) is 14.0 Å². The lowest BCUT2D eigenvalue weighted by atomic mass is 9.95. The van der Waals surface area contributed by atoms with E-state index < -0.39 is 0 Å². The van der Waals surface area contributed by atoms with Crippen LogP contribution in [0.15, 0.2) is 53.6 Å². The number of aryl methyl sites for hydroxylation is 1. The van der Waals surface area contributed by atoms with E-state index in [0.717, 1.165) is 22.4 Å². The number of rotatable bonds is 5. The molecule has 2 aliphatic heterocycles. The fraction of sp³-hybridized carbons (Fsp3) is 0.400. The third kappa shape index (κ3) is 5.22. The predicted molar refractivity (Wildman–Crippen MR) is 123 cm³/mol. The van der Waals surface area contributed by atoms with Crippen LogP contribution in [0.3, 0.4) is 0 Å². The fourth-order valence-electron chi connectivity index (χ4n) is 4.33. The van der Waals surface area contributed by atoms with Gasteiger partial charge >= 0.3 is 6.09 Å². The van der Waals surface area contributed by atoms with Crippen LogP contribution in [0.5, 0.6) is 0 Å². The summed E-state index contributed by atoms with van der Waals surface area (Å²) < 4.78 is 18.5. The number of hydrogen-bond acceptors (Lipinski definition) is 5. The molecule has 2 aromatic rings. The average molecular weight is 453 g/mol. The van der Waals surface area contributed by atoms with Crippen LogP contribution in [0, 0.1) is 12.7 Å². The first-order valence-electron chi connectivity index (χ1n) is 11.3. The van der Waals surface area contributed by atoms with Crippen LogP contribution in [0.25, 0.3) is 0 Å². The molecule has 8 heteroatoms. The lowest BCUT2D eigenvalue weighted by Gasteiger charge is -2.34. The molecule has 1 atom stereocenters. The number of amides is 2. The second-order valence-corrected chi connectivity index (χ2v) is 8.33. The summed E-state index contributed by atoms with van der Waals surface area (Å²) in [6, 6.07) is 14.0. The van der Waals surface area contributed by atoms with Crippen LogP contribution in [0.2, 0.25) is 0 Å². The van der Waals surface area contributed by atoms with E-state index in [2.05, 4.69) is 5.10 Å². The van der Waals surface area contributed by atoms with E-state index in [-0.39, 0.29) is 30.4 Å². The van der Waals surface area contributed by atoms with Crippen molar-refractivity contribution in [3.8, 4) is 0 Å². The molecule has 0 aromatic heterocycles. The highest BCUT2D eigenvalue weighted by Crippen LogP contribution is 2.34. The first-order valence-corrected chi connectivity index (χ1v) is 11.3. The summed E-state index contributed by atoms with van der Waals surface area (Å²) >= 11 is 0. The zero-order chi connectivity index (χ0) is 23.4. The molecule has 0 aliphatic carbocycles. The van der Waals surface area contributed by atoms with E-state index in [0.29, 0.717) is 39.2 Å². The van der Waals surface area contributed by atoms with Gasteiger partial charge in [0.25, 0.3) is 5.91 Å². The van der Waals surface area contributed by atoms with Crippen molar-refractivity contribution in [2.75, 3.05) is 39.3 Å². The summed E-state index contributed by atoms with van der Waals surface area (Å²) in [5, 5.41) is 6.27. The smallest absolute Gasteiger partial charge is 0.409 e. The highest BCUT2D eigenvalue weighted by atomic mass is 19.1. The van der Waals surface area contributed by atoms with Crippen molar-refractivity contribution in [1.82, 2.24) is 14.8 Å². The zero-order valence-electron chi connectivity index (χ0n) is 19.0. The molecule has 7 nitrogen and oxygen atoms in total. The number of carbonyl (C=O) groups excluding carboxylic acids is 2. The first-order chi connectivity index (χ1) is 16.0. The minimum Gasteiger partial charge on any atom is -0.450 e. The van der Waals surface area contributed by atoms with Crippen LogP contribution < -0.4 is 0 Å². The Labute approximate surface area is 193 Å². The molecule has 0 bridgehead atoms. The third-order valence-electron chi connectivity index (χ3n) is 6.15. The van der Waals surface area contributed by atoms with Crippen LogP contribution in [0.4, 0.5) is 9.18 Å². The summed E-state index contributed by atoms with van der Waals surface area (Å²) in [7, 11) is 0. The number of hydrogen-bond donors (Lipinski definition) is 0. The van der Waals surface area contributed by atoms with Crippen molar-refractivity contribution in [3.63, 3.8) is 0 Å². The van der Waals surface area contributed by atoms with Gasteiger partial charge in [-0.1, -0.05) is 36.4 Å². The molecule has 0 radical (unpaired) electrons. The Hall–Kier alpha value is -3.26. The summed E-state index contributed by atoms with van der Waals surface area (Å²) in [4.78, 5) is 29.0. The molecule has 0 spiro atoms. The van der Waals surface area contributed by atoms with Gasteiger partial charge in [-0.15, -0.1) is 0 Å². The summed E-state index contributed by atoms with van der Waals surface area (Å²) in [6.45, 7) is 6.64. The number of nitrogens with zero attached hydrogens (tertiary/aromatic N) is 4. The van der Waals surface area contributed by atoms with E-state index in [1.165, 1.54) is 12.1 Å². The minimum atomic E-state index is -0.309. The maximum atomic E-state index is 13.4. The molecular formula is C25H29FN4O3. The lowest BCUT2D eigenvalue weighted by molar-refractivity contribution is -0.134. The Morgan fingerprint density at radius 2 is 1.76 bits per heavy atom. The molecule has 2 heterocycles. The minimum absolute atomic E-state index is 0.0926. The molecule has 2 aliphatic rings. The molecule has 1 saturated heterocycles. The molecule has 33 heavy (non-hydrogen) atoms. The highest BCUT2D eigenvalue weighted by molar-refractivity contribution is 6.03. The zero-order valence-corrected chi connectivity index (χ0v) is 19.0. The fourth-order valence-corrected chi connectivity index (χ4v) is 4.33. The normalized spacial score (nSPS) is 18.9. The second-order valence-electron chi connectivity index (χ2n) is 8.33.